The van der Waals surface area contributed by atoms with Crippen molar-refractivity contribution in [3.05, 3.63) is 108 Å². The number of pyridine rings is 1. The molecule has 0 spiro atoms. The average Bonchev–Trinajstić information content (AvgIpc) is 2.69. The predicted octanol–water partition coefficient (Wildman–Crippen LogP) is 5.58. The van der Waals surface area contributed by atoms with E-state index in [4.69, 9.17) is 0 Å². The molecule has 2 nitrogen and oxygen atoms in total. The van der Waals surface area contributed by atoms with Gasteiger partial charge in [0, 0.05) is 30.1 Å². The number of nitrogens with zero attached hydrogens (tertiary/aromatic N) is 2. The Morgan fingerprint density at radius 2 is 1.35 bits per heavy atom. The van der Waals surface area contributed by atoms with Gasteiger partial charge in [-0.05, 0) is 23.3 Å². The van der Waals surface area contributed by atoms with Crippen LogP contribution in [0.1, 0.15) is 11.1 Å². The van der Waals surface area contributed by atoms with E-state index in [1.54, 1.807) is 12.3 Å². The van der Waals surface area contributed by atoms with Crippen molar-refractivity contribution in [3.8, 4) is 0 Å². The van der Waals surface area contributed by atoms with Crippen LogP contribution in [0.4, 0.5) is 10.2 Å². The third-order valence-electron chi connectivity index (χ3n) is 4.45. The van der Waals surface area contributed by atoms with Crippen LogP contribution in [0.3, 0.4) is 0 Å². The van der Waals surface area contributed by atoms with E-state index >= 15 is 0 Å². The molecular formula is C23H19FN2. The number of rotatable bonds is 5. The Morgan fingerprint density at radius 1 is 0.731 bits per heavy atom. The van der Waals surface area contributed by atoms with E-state index < -0.39 is 0 Å². The Bertz CT molecular complexity index is 959. The van der Waals surface area contributed by atoms with Crippen molar-refractivity contribution in [1.29, 1.82) is 0 Å². The smallest absolute Gasteiger partial charge is 0.131 e. The van der Waals surface area contributed by atoms with Gasteiger partial charge < -0.3 is 4.90 Å². The normalized spacial score (nSPS) is 10.8. The van der Waals surface area contributed by atoms with Gasteiger partial charge in [0.05, 0.1) is 0 Å². The molecule has 0 radical (unpaired) electrons. The lowest BCUT2D eigenvalue weighted by atomic mass is 10.1. The summed E-state index contributed by atoms with van der Waals surface area (Å²) in [6.07, 6.45) is 1.75. The highest BCUT2D eigenvalue weighted by Gasteiger charge is 2.12. The molecule has 0 fully saturated rings. The van der Waals surface area contributed by atoms with Crippen LogP contribution in [0.2, 0.25) is 0 Å². The second-order valence-electron chi connectivity index (χ2n) is 6.33. The van der Waals surface area contributed by atoms with Crippen molar-refractivity contribution in [1.82, 2.24) is 4.98 Å². The fraction of sp³-hybridized carbons (Fsp3) is 0.0870. The number of fused-ring (bicyclic) bond motifs is 1. The Morgan fingerprint density at radius 3 is 1.96 bits per heavy atom. The van der Waals surface area contributed by atoms with Crippen molar-refractivity contribution in [2.75, 3.05) is 4.90 Å². The molecule has 0 aliphatic rings. The molecule has 0 amide bonds. The zero-order valence-corrected chi connectivity index (χ0v) is 14.3. The van der Waals surface area contributed by atoms with Crippen LogP contribution in [-0.2, 0) is 13.1 Å². The molecule has 0 aliphatic heterocycles. The molecule has 0 saturated heterocycles. The quantitative estimate of drug-likeness (QED) is 0.470. The number of anilines is 1. The molecule has 0 unspecified atom stereocenters. The Labute approximate surface area is 152 Å². The van der Waals surface area contributed by atoms with E-state index in [2.05, 4.69) is 34.1 Å². The molecule has 4 aromatic rings. The molecule has 4 rings (SSSR count). The van der Waals surface area contributed by atoms with Gasteiger partial charge in [0.1, 0.15) is 11.6 Å². The van der Waals surface area contributed by atoms with Crippen LogP contribution in [0, 0.1) is 5.82 Å². The molecule has 0 aliphatic carbocycles. The van der Waals surface area contributed by atoms with Gasteiger partial charge in [-0.3, -0.25) is 0 Å². The minimum atomic E-state index is -0.217. The van der Waals surface area contributed by atoms with Gasteiger partial charge in [0.25, 0.3) is 0 Å². The standard InChI is InChI=1S/C23H19FN2/c24-22-13-7-12-20-15-25-23(14-21(20)22)26(16-18-8-3-1-4-9-18)17-19-10-5-2-6-11-19/h1-15H,16-17H2. The summed E-state index contributed by atoms with van der Waals surface area (Å²) >= 11 is 0. The molecule has 0 saturated carbocycles. The first-order valence-corrected chi connectivity index (χ1v) is 8.67. The van der Waals surface area contributed by atoms with Crippen LogP contribution in [0.15, 0.2) is 91.1 Å². The fourth-order valence-electron chi connectivity index (χ4n) is 3.12. The van der Waals surface area contributed by atoms with Crippen molar-refractivity contribution in [2.45, 2.75) is 13.1 Å². The third-order valence-corrected chi connectivity index (χ3v) is 4.45. The third kappa shape index (κ3) is 3.57. The topological polar surface area (TPSA) is 16.1 Å². The van der Waals surface area contributed by atoms with E-state index in [1.807, 2.05) is 48.5 Å². The molecule has 128 valence electrons. The van der Waals surface area contributed by atoms with Crippen molar-refractivity contribution >= 4 is 16.6 Å². The van der Waals surface area contributed by atoms with E-state index in [-0.39, 0.29) is 5.82 Å². The van der Waals surface area contributed by atoms with E-state index in [1.165, 1.54) is 17.2 Å². The van der Waals surface area contributed by atoms with Gasteiger partial charge in [0.2, 0.25) is 0 Å². The van der Waals surface area contributed by atoms with E-state index in [0.29, 0.717) is 18.5 Å². The van der Waals surface area contributed by atoms with Gasteiger partial charge in [-0.2, -0.15) is 0 Å². The minimum Gasteiger partial charge on any atom is -0.348 e. The lowest BCUT2D eigenvalue weighted by molar-refractivity contribution is 0.639. The predicted molar refractivity (Wildman–Crippen MR) is 104 cm³/mol. The summed E-state index contributed by atoms with van der Waals surface area (Å²) < 4.78 is 14.2. The highest BCUT2D eigenvalue weighted by Crippen LogP contribution is 2.24. The van der Waals surface area contributed by atoms with Crippen molar-refractivity contribution in [2.24, 2.45) is 0 Å². The van der Waals surface area contributed by atoms with Gasteiger partial charge in [-0.15, -0.1) is 0 Å². The summed E-state index contributed by atoms with van der Waals surface area (Å²) in [5.74, 6) is 0.556. The Balaban J connectivity index is 1.73. The van der Waals surface area contributed by atoms with Crippen molar-refractivity contribution < 1.29 is 4.39 Å². The fourth-order valence-corrected chi connectivity index (χ4v) is 3.12. The molecule has 26 heavy (non-hydrogen) atoms. The first-order valence-electron chi connectivity index (χ1n) is 8.67. The maximum Gasteiger partial charge on any atom is 0.131 e. The first kappa shape index (κ1) is 16.3. The summed E-state index contributed by atoms with van der Waals surface area (Å²) in [5, 5.41) is 1.41. The van der Waals surface area contributed by atoms with Gasteiger partial charge in [0.15, 0.2) is 0 Å². The number of aromatic nitrogens is 1. The molecular weight excluding hydrogens is 323 g/mol. The van der Waals surface area contributed by atoms with Gasteiger partial charge >= 0.3 is 0 Å². The van der Waals surface area contributed by atoms with E-state index in [9.17, 15) is 4.39 Å². The zero-order chi connectivity index (χ0) is 17.8. The summed E-state index contributed by atoms with van der Waals surface area (Å²) in [7, 11) is 0. The minimum absolute atomic E-state index is 0.217. The molecule has 3 heteroatoms. The van der Waals surface area contributed by atoms with Crippen LogP contribution in [0.5, 0.6) is 0 Å². The highest BCUT2D eigenvalue weighted by atomic mass is 19.1. The van der Waals surface area contributed by atoms with Crippen LogP contribution < -0.4 is 4.90 Å². The number of hydrogen-bond donors (Lipinski definition) is 0. The lowest BCUT2D eigenvalue weighted by Crippen LogP contribution is -2.23. The van der Waals surface area contributed by atoms with Gasteiger partial charge in [-0.25, -0.2) is 9.37 Å². The molecule has 1 heterocycles. The van der Waals surface area contributed by atoms with Crippen molar-refractivity contribution in [3.63, 3.8) is 0 Å². The van der Waals surface area contributed by atoms with E-state index in [0.717, 1.165) is 11.2 Å². The SMILES string of the molecule is Fc1cccc2cnc(N(Cc3ccccc3)Cc3ccccc3)cc12. The maximum absolute atomic E-state index is 14.2. The summed E-state index contributed by atoms with van der Waals surface area (Å²) in [6.45, 7) is 1.42. The van der Waals surface area contributed by atoms with Crippen LogP contribution in [0.25, 0.3) is 10.8 Å². The summed E-state index contributed by atoms with van der Waals surface area (Å²) in [4.78, 5) is 6.78. The number of hydrogen-bond acceptors (Lipinski definition) is 2. The average molecular weight is 342 g/mol. The Kier molecular flexibility index (Phi) is 4.61. The lowest BCUT2D eigenvalue weighted by Gasteiger charge is -2.24. The summed E-state index contributed by atoms with van der Waals surface area (Å²) in [5.41, 5.74) is 2.39. The van der Waals surface area contributed by atoms with Gasteiger partial charge in [-0.1, -0.05) is 72.8 Å². The monoisotopic (exact) mass is 342 g/mol. The first-order chi connectivity index (χ1) is 12.8. The molecule has 0 bridgehead atoms. The highest BCUT2D eigenvalue weighted by molar-refractivity contribution is 5.84. The molecule has 1 aromatic heterocycles. The molecule has 0 N–H and O–H groups in total. The number of halogens is 1. The number of benzene rings is 3. The largest absolute Gasteiger partial charge is 0.348 e. The molecule has 3 aromatic carbocycles. The Hall–Kier alpha value is -3.20. The summed E-state index contributed by atoms with van der Waals surface area (Å²) in [6, 6.07) is 27.5. The van der Waals surface area contributed by atoms with Crippen LogP contribution in [-0.4, -0.2) is 4.98 Å². The van der Waals surface area contributed by atoms with Crippen LogP contribution >= 0.6 is 0 Å². The molecule has 0 atom stereocenters. The maximum atomic E-state index is 14.2. The second-order valence-corrected chi connectivity index (χ2v) is 6.33. The zero-order valence-electron chi connectivity index (χ0n) is 14.3. The second kappa shape index (κ2) is 7.36.